The Hall–Kier alpha value is -0.0800. The normalized spacial score (nSPS) is 20.6. The minimum absolute atomic E-state index is 0. The molecule has 2 heterocycles. The van der Waals surface area contributed by atoms with E-state index in [-0.39, 0.29) is 24.0 Å². The lowest BCUT2D eigenvalue weighted by Crippen LogP contribution is -2.46. The molecule has 2 fully saturated rings. The Morgan fingerprint density at radius 2 is 1.57 bits per heavy atom. The summed E-state index contributed by atoms with van der Waals surface area (Å²) in [7, 11) is 0. The zero-order chi connectivity index (χ0) is 15.6. The smallest absolute Gasteiger partial charge is 0.193 e. The highest BCUT2D eigenvalue weighted by atomic mass is 127. The van der Waals surface area contributed by atoms with Crippen molar-refractivity contribution in [3.05, 3.63) is 0 Å². The first-order valence-corrected chi connectivity index (χ1v) is 9.31. The van der Waals surface area contributed by atoms with Crippen LogP contribution < -0.4 is 5.32 Å². The maximum Gasteiger partial charge on any atom is 0.193 e. The maximum atomic E-state index is 4.81. The Kier molecular flexibility index (Phi) is 11.2. The summed E-state index contributed by atoms with van der Waals surface area (Å²) in [4.78, 5) is 12.4. The van der Waals surface area contributed by atoms with Gasteiger partial charge in [0.15, 0.2) is 5.96 Å². The molecule has 6 heteroatoms. The third kappa shape index (κ3) is 7.56. The van der Waals surface area contributed by atoms with Gasteiger partial charge in [0.1, 0.15) is 0 Å². The third-order valence-corrected chi connectivity index (χ3v) is 4.80. The van der Waals surface area contributed by atoms with Crippen LogP contribution in [0.1, 0.15) is 39.5 Å². The molecule has 0 saturated carbocycles. The van der Waals surface area contributed by atoms with E-state index in [0.29, 0.717) is 0 Å². The third-order valence-electron chi connectivity index (χ3n) is 4.80. The Labute approximate surface area is 159 Å². The fourth-order valence-corrected chi connectivity index (χ4v) is 3.32. The first kappa shape index (κ1) is 21.0. The molecule has 2 aliphatic rings. The van der Waals surface area contributed by atoms with Gasteiger partial charge in [-0.1, -0.05) is 6.92 Å². The second-order valence-corrected chi connectivity index (χ2v) is 6.41. The first-order chi connectivity index (χ1) is 10.8. The van der Waals surface area contributed by atoms with Gasteiger partial charge in [-0.2, -0.15) is 0 Å². The van der Waals surface area contributed by atoms with Crippen molar-refractivity contribution in [2.45, 2.75) is 39.5 Å². The fourth-order valence-electron chi connectivity index (χ4n) is 3.32. The number of piperazine rings is 1. The highest BCUT2D eigenvalue weighted by Gasteiger charge is 2.16. The summed E-state index contributed by atoms with van der Waals surface area (Å²) in [6.07, 6.45) is 5.11. The SMILES string of the molecule is CCNC(=NCCCCN1CCN(CC)CC1)N1CCCC1.I. The number of likely N-dealkylation sites (tertiary alicyclic amines) is 1. The van der Waals surface area contributed by atoms with Crippen LogP contribution in [0.25, 0.3) is 0 Å². The molecule has 0 aromatic heterocycles. The number of halogens is 1. The van der Waals surface area contributed by atoms with Crippen molar-refractivity contribution in [1.29, 1.82) is 0 Å². The van der Waals surface area contributed by atoms with E-state index in [0.717, 1.165) is 19.0 Å². The van der Waals surface area contributed by atoms with E-state index in [1.807, 2.05) is 0 Å². The second kappa shape index (κ2) is 12.3. The van der Waals surface area contributed by atoms with Gasteiger partial charge in [0, 0.05) is 52.4 Å². The largest absolute Gasteiger partial charge is 0.357 e. The van der Waals surface area contributed by atoms with E-state index in [1.54, 1.807) is 0 Å². The van der Waals surface area contributed by atoms with Gasteiger partial charge >= 0.3 is 0 Å². The Bertz CT molecular complexity index is 323. The number of nitrogens with one attached hydrogen (secondary N) is 1. The summed E-state index contributed by atoms with van der Waals surface area (Å²) in [6.45, 7) is 16.1. The number of nitrogens with zero attached hydrogens (tertiary/aromatic N) is 4. The highest BCUT2D eigenvalue weighted by molar-refractivity contribution is 14.0. The minimum atomic E-state index is 0. The standard InChI is InChI=1S/C17H35N5.HI/c1-3-18-17(22-11-7-8-12-22)19-9-5-6-10-21-15-13-20(4-2)14-16-21;/h3-16H2,1-2H3,(H,18,19);1H. The van der Waals surface area contributed by atoms with Gasteiger partial charge < -0.3 is 20.0 Å². The lowest BCUT2D eigenvalue weighted by atomic mass is 10.2. The van der Waals surface area contributed by atoms with Crippen LogP contribution in [0, 0.1) is 0 Å². The maximum absolute atomic E-state index is 4.81. The average molecular weight is 437 g/mol. The van der Waals surface area contributed by atoms with Crippen LogP contribution in [0.15, 0.2) is 4.99 Å². The van der Waals surface area contributed by atoms with Gasteiger partial charge in [-0.3, -0.25) is 4.99 Å². The number of aliphatic imine (C=N–C) groups is 1. The molecule has 0 amide bonds. The predicted molar refractivity (Wildman–Crippen MR) is 110 cm³/mol. The van der Waals surface area contributed by atoms with Crippen LogP contribution in [0.3, 0.4) is 0 Å². The Morgan fingerprint density at radius 1 is 0.913 bits per heavy atom. The number of unbranched alkanes of at least 4 members (excludes halogenated alkanes) is 1. The van der Waals surface area contributed by atoms with Crippen LogP contribution >= 0.6 is 24.0 Å². The van der Waals surface area contributed by atoms with Crippen molar-refractivity contribution in [2.75, 3.05) is 65.4 Å². The molecule has 2 saturated heterocycles. The van der Waals surface area contributed by atoms with Crippen molar-refractivity contribution < 1.29 is 0 Å². The molecule has 23 heavy (non-hydrogen) atoms. The number of likely N-dealkylation sites (N-methyl/N-ethyl adjacent to an activating group) is 1. The molecule has 5 nitrogen and oxygen atoms in total. The number of hydrogen-bond acceptors (Lipinski definition) is 3. The molecular formula is C17H36IN5. The lowest BCUT2D eigenvalue weighted by Gasteiger charge is -2.33. The van der Waals surface area contributed by atoms with Crippen molar-refractivity contribution in [3.63, 3.8) is 0 Å². The number of rotatable bonds is 7. The zero-order valence-electron chi connectivity index (χ0n) is 15.1. The van der Waals surface area contributed by atoms with Crippen LogP contribution in [0.5, 0.6) is 0 Å². The molecule has 0 bridgehead atoms. The van der Waals surface area contributed by atoms with Crippen LogP contribution in [-0.2, 0) is 0 Å². The van der Waals surface area contributed by atoms with E-state index in [4.69, 9.17) is 4.99 Å². The number of hydrogen-bond donors (Lipinski definition) is 1. The monoisotopic (exact) mass is 437 g/mol. The summed E-state index contributed by atoms with van der Waals surface area (Å²) in [6, 6.07) is 0. The van der Waals surface area contributed by atoms with Crippen LogP contribution in [-0.4, -0.2) is 86.1 Å². The first-order valence-electron chi connectivity index (χ1n) is 9.31. The minimum Gasteiger partial charge on any atom is -0.357 e. The summed E-state index contributed by atoms with van der Waals surface area (Å²) < 4.78 is 0. The van der Waals surface area contributed by atoms with Crippen molar-refractivity contribution in [2.24, 2.45) is 4.99 Å². The summed E-state index contributed by atoms with van der Waals surface area (Å²) in [5, 5.41) is 3.44. The van der Waals surface area contributed by atoms with E-state index in [9.17, 15) is 0 Å². The van der Waals surface area contributed by atoms with Gasteiger partial charge in [0.05, 0.1) is 0 Å². The van der Waals surface area contributed by atoms with Crippen molar-refractivity contribution >= 4 is 29.9 Å². The van der Waals surface area contributed by atoms with Gasteiger partial charge in [0.25, 0.3) is 0 Å². The summed E-state index contributed by atoms with van der Waals surface area (Å²) in [5.41, 5.74) is 0. The van der Waals surface area contributed by atoms with E-state index in [1.165, 1.54) is 78.0 Å². The summed E-state index contributed by atoms with van der Waals surface area (Å²) >= 11 is 0. The van der Waals surface area contributed by atoms with Gasteiger partial charge in [-0.15, -0.1) is 24.0 Å². The molecule has 0 aromatic rings. The molecule has 2 aliphatic heterocycles. The van der Waals surface area contributed by atoms with Gasteiger partial charge in [-0.05, 0) is 45.7 Å². The van der Waals surface area contributed by atoms with Crippen molar-refractivity contribution in [3.8, 4) is 0 Å². The molecule has 2 rings (SSSR count). The van der Waals surface area contributed by atoms with Gasteiger partial charge in [-0.25, -0.2) is 0 Å². The molecular weight excluding hydrogens is 401 g/mol. The predicted octanol–water partition coefficient (Wildman–Crippen LogP) is 2.08. The fraction of sp³-hybridized carbons (Fsp3) is 0.941. The molecule has 0 unspecified atom stereocenters. The van der Waals surface area contributed by atoms with E-state index in [2.05, 4.69) is 33.9 Å². The average Bonchev–Trinajstić information content (AvgIpc) is 3.08. The molecule has 0 atom stereocenters. The Balaban J connectivity index is 0.00000264. The second-order valence-electron chi connectivity index (χ2n) is 6.41. The molecule has 0 spiro atoms. The quantitative estimate of drug-likeness (QED) is 0.286. The molecule has 0 aromatic carbocycles. The molecule has 136 valence electrons. The molecule has 0 aliphatic carbocycles. The van der Waals surface area contributed by atoms with Crippen LogP contribution in [0.4, 0.5) is 0 Å². The van der Waals surface area contributed by atoms with Crippen molar-refractivity contribution in [1.82, 2.24) is 20.0 Å². The summed E-state index contributed by atoms with van der Waals surface area (Å²) in [5.74, 6) is 1.14. The molecule has 0 radical (unpaired) electrons. The zero-order valence-corrected chi connectivity index (χ0v) is 17.4. The lowest BCUT2D eigenvalue weighted by molar-refractivity contribution is 0.136. The van der Waals surface area contributed by atoms with E-state index < -0.39 is 0 Å². The highest BCUT2D eigenvalue weighted by Crippen LogP contribution is 2.08. The topological polar surface area (TPSA) is 34.1 Å². The van der Waals surface area contributed by atoms with Crippen LogP contribution in [0.2, 0.25) is 0 Å². The van der Waals surface area contributed by atoms with Gasteiger partial charge in [0.2, 0.25) is 0 Å². The Morgan fingerprint density at radius 3 is 2.17 bits per heavy atom. The number of guanidine groups is 1. The molecule has 1 N–H and O–H groups in total. The van der Waals surface area contributed by atoms with E-state index >= 15 is 0 Å².